The quantitative estimate of drug-likeness (QED) is 0.696. The topological polar surface area (TPSA) is 29.5 Å². The van der Waals surface area contributed by atoms with Gasteiger partial charge < -0.3 is 4.74 Å². The number of nitrogens with zero attached hydrogens (tertiary/aromatic N) is 1. The van der Waals surface area contributed by atoms with Crippen LogP contribution in [0.5, 0.6) is 5.75 Å². The highest BCUT2D eigenvalue weighted by Gasteiger charge is 2.14. The van der Waals surface area contributed by atoms with E-state index in [1.807, 2.05) is 31.3 Å². The molecule has 0 heterocycles. The van der Waals surface area contributed by atoms with E-state index >= 15 is 0 Å². The molecule has 0 aliphatic carbocycles. The smallest absolute Gasteiger partial charge is 0.180 e. The fraction of sp³-hybridized carbons (Fsp3) is 0.533. The molecule has 18 heavy (non-hydrogen) atoms. The maximum atomic E-state index is 12.2. The van der Waals surface area contributed by atoms with Crippen LogP contribution in [0.1, 0.15) is 30.6 Å². The molecule has 0 aliphatic heterocycles. The summed E-state index contributed by atoms with van der Waals surface area (Å²) < 4.78 is 5.21. The Bertz CT molecular complexity index is 390. The Balaban J connectivity index is 2.64. The van der Waals surface area contributed by atoms with Crippen molar-refractivity contribution < 1.29 is 9.53 Å². The summed E-state index contributed by atoms with van der Waals surface area (Å²) in [5.74, 6) is 1.37. The molecule has 1 rings (SSSR count). The molecule has 0 saturated carbocycles. The molecule has 3 heteroatoms. The van der Waals surface area contributed by atoms with Crippen LogP contribution < -0.4 is 4.74 Å². The molecule has 1 atom stereocenters. The second-order valence-electron chi connectivity index (χ2n) is 4.83. The molecule has 0 saturated heterocycles. The van der Waals surface area contributed by atoms with Gasteiger partial charge in [0.25, 0.3) is 0 Å². The SMILES string of the molecule is CCC(C)CN(C)CC(=O)c1ccccc1OC. The highest BCUT2D eigenvalue weighted by molar-refractivity contribution is 6.00. The Labute approximate surface area is 110 Å². The zero-order valence-electron chi connectivity index (χ0n) is 11.8. The van der Waals surface area contributed by atoms with Gasteiger partial charge in [-0.15, -0.1) is 0 Å². The fourth-order valence-corrected chi connectivity index (χ4v) is 1.93. The summed E-state index contributed by atoms with van der Waals surface area (Å²) in [5, 5.41) is 0. The van der Waals surface area contributed by atoms with Crippen molar-refractivity contribution in [3.05, 3.63) is 29.8 Å². The predicted octanol–water partition coefficient (Wildman–Crippen LogP) is 2.86. The molecule has 100 valence electrons. The van der Waals surface area contributed by atoms with Crippen molar-refractivity contribution in [3.63, 3.8) is 0 Å². The first kappa shape index (κ1) is 14.7. The minimum atomic E-state index is 0.109. The van der Waals surface area contributed by atoms with Gasteiger partial charge in [0, 0.05) is 6.54 Å². The average molecular weight is 249 g/mol. The zero-order valence-corrected chi connectivity index (χ0v) is 11.8. The predicted molar refractivity (Wildman–Crippen MR) is 74.3 cm³/mol. The van der Waals surface area contributed by atoms with Gasteiger partial charge in [-0.3, -0.25) is 9.69 Å². The highest BCUT2D eigenvalue weighted by Crippen LogP contribution is 2.18. The van der Waals surface area contributed by atoms with Crippen LogP contribution in [-0.2, 0) is 0 Å². The third kappa shape index (κ3) is 4.15. The third-order valence-corrected chi connectivity index (χ3v) is 3.14. The molecule has 0 radical (unpaired) electrons. The van der Waals surface area contributed by atoms with Crippen molar-refractivity contribution in [2.24, 2.45) is 5.92 Å². The molecule has 0 aliphatic rings. The van der Waals surface area contributed by atoms with Gasteiger partial charge in [0.1, 0.15) is 5.75 Å². The lowest BCUT2D eigenvalue weighted by molar-refractivity contribution is 0.0936. The summed E-state index contributed by atoms with van der Waals surface area (Å²) in [6.45, 7) is 5.74. The molecule has 3 nitrogen and oxygen atoms in total. The molecule has 0 fully saturated rings. The first-order valence-electron chi connectivity index (χ1n) is 6.43. The van der Waals surface area contributed by atoms with Crippen LogP contribution in [0.2, 0.25) is 0 Å². The van der Waals surface area contributed by atoms with E-state index < -0.39 is 0 Å². The van der Waals surface area contributed by atoms with Gasteiger partial charge in [-0.05, 0) is 25.1 Å². The van der Waals surface area contributed by atoms with Crippen molar-refractivity contribution in [2.75, 3.05) is 27.2 Å². The molecule has 0 aromatic heterocycles. The van der Waals surface area contributed by atoms with E-state index in [2.05, 4.69) is 18.7 Å². The van der Waals surface area contributed by atoms with Crippen LogP contribution in [0.3, 0.4) is 0 Å². The Morgan fingerprint density at radius 3 is 2.67 bits per heavy atom. The van der Waals surface area contributed by atoms with Crippen molar-refractivity contribution in [3.8, 4) is 5.75 Å². The zero-order chi connectivity index (χ0) is 13.5. The first-order chi connectivity index (χ1) is 8.58. The normalized spacial score (nSPS) is 12.5. The van der Waals surface area contributed by atoms with Crippen LogP contribution in [0, 0.1) is 5.92 Å². The van der Waals surface area contributed by atoms with E-state index in [1.54, 1.807) is 7.11 Å². The number of Topliss-reactive ketones (excluding diaryl/α,β-unsaturated/α-hetero) is 1. The summed E-state index contributed by atoms with van der Waals surface area (Å²) >= 11 is 0. The van der Waals surface area contributed by atoms with Crippen molar-refractivity contribution >= 4 is 5.78 Å². The maximum Gasteiger partial charge on any atom is 0.180 e. The number of likely N-dealkylation sites (N-methyl/N-ethyl adjacent to an activating group) is 1. The van der Waals surface area contributed by atoms with E-state index in [1.165, 1.54) is 0 Å². The first-order valence-corrected chi connectivity index (χ1v) is 6.43. The number of benzene rings is 1. The number of ether oxygens (including phenoxy) is 1. The number of rotatable bonds is 7. The van der Waals surface area contributed by atoms with Crippen LogP contribution in [0.4, 0.5) is 0 Å². The van der Waals surface area contributed by atoms with E-state index in [0.717, 1.165) is 13.0 Å². The molecule has 0 amide bonds. The van der Waals surface area contributed by atoms with E-state index in [0.29, 0.717) is 23.8 Å². The second-order valence-corrected chi connectivity index (χ2v) is 4.83. The molecule has 0 spiro atoms. The number of para-hydroxylation sites is 1. The lowest BCUT2D eigenvalue weighted by Gasteiger charge is -2.20. The van der Waals surface area contributed by atoms with Gasteiger partial charge in [0.15, 0.2) is 5.78 Å². The van der Waals surface area contributed by atoms with Crippen LogP contribution in [0.25, 0.3) is 0 Å². The minimum absolute atomic E-state index is 0.109. The van der Waals surface area contributed by atoms with Crippen LogP contribution >= 0.6 is 0 Å². The Kier molecular flexibility index (Phi) is 5.86. The number of hydrogen-bond donors (Lipinski definition) is 0. The second kappa shape index (κ2) is 7.17. The highest BCUT2D eigenvalue weighted by atomic mass is 16.5. The van der Waals surface area contributed by atoms with Gasteiger partial charge in [-0.1, -0.05) is 32.4 Å². The van der Waals surface area contributed by atoms with Crippen molar-refractivity contribution in [1.29, 1.82) is 0 Å². The molecule has 0 N–H and O–H groups in total. The lowest BCUT2D eigenvalue weighted by Crippen LogP contribution is -2.30. The van der Waals surface area contributed by atoms with Gasteiger partial charge in [0.2, 0.25) is 0 Å². The molecule has 1 unspecified atom stereocenters. The molecule has 1 aromatic rings. The summed E-state index contributed by atoms with van der Waals surface area (Å²) in [5.41, 5.74) is 0.663. The summed E-state index contributed by atoms with van der Waals surface area (Å²) in [4.78, 5) is 14.3. The lowest BCUT2D eigenvalue weighted by atomic mass is 10.1. The van der Waals surface area contributed by atoms with Gasteiger partial charge in [-0.25, -0.2) is 0 Å². The van der Waals surface area contributed by atoms with Crippen LogP contribution in [0.15, 0.2) is 24.3 Å². The number of methoxy groups -OCH3 is 1. The average Bonchev–Trinajstić information content (AvgIpc) is 2.38. The number of ketones is 1. The summed E-state index contributed by atoms with van der Waals surface area (Å²) in [7, 11) is 3.58. The largest absolute Gasteiger partial charge is 0.496 e. The number of hydrogen-bond acceptors (Lipinski definition) is 3. The molecular formula is C15H23NO2. The Morgan fingerprint density at radius 2 is 2.06 bits per heavy atom. The minimum Gasteiger partial charge on any atom is -0.496 e. The molecular weight excluding hydrogens is 226 g/mol. The van der Waals surface area contributed by atoms with Gasteiger partial charge in [0.05, 0.1) is 19.2 Å². The third-order valence-electron chi connectivity index (χ3n) is 3.14. The molecule has 0 bridgehead atoms. The van der Waals surface area contributed by atoms with E-state index in [-0.39, 0.29) is 5.78 Å². The van der Waals surface area contributed by atoms with Crippen molar-refractivity contribution in [1.82, 2.24) is 4.90 Å². The Hall–Kier alpha value is -1.35. The van der Waals surface area contributed by atoms with E-state index in [4.69, 9.17) is 4.74 Å². The fourth-order valence-electron chi connectivity index (χ4n) is 1.93. The summed E-state index contributed by atoms with van der Waals surface area (Å²) in [6, 6.07) is 7.38. The standard InChI is InChI=1S/C15H23NO2/c1-5-12(2)10-16(3)11-14(17)13-8-6-7-9-15(13)18-4/h6-9,12H,5,10-11H2,1-4H3. The van der Waals surface area contributed by atoms with Crippen molar-refractivity contribution in [2.45, 2.75) is 20.3 Å². The number of carbonyl (C=O) groups excluding carboxylic acids is 1. The van der Waals surface area contributed by atoms with Crippen LogP contribution in [-0.4, -0.2) is 37.9 Å². The Morgan fingerprint density at radius 1 is 1.39 bits per heavy atom. The molecule has 1 aromatic carbocycles. The maximum absolute atomic E-state index is 12.2. The van der Waals surface area contributed by atoms with Gasteiger partial charge in [-0.2, -0.15) is 0 Å². The van der Waals surface area contributed by atoms with E-state index in [9.17, 15) is 4.79 Å². The summed E-state index contributed by atoms with van der Waals surface area (Å²) in [6.07, 6.45) is 1.13. The number of carbonyl (C=O) groups is 1. The van der Waals surface area contributed by atoms with Gasteiger partial charge >= 0.3 is 0 Å². The monoisotopic (exact) mass is 249 g/mol.